The molecule has 0 unspecified atom stereocenters. The normalized spacial score (nSPS) is 16.9. The number of guanidine groups is 1. The Morgan fingerprint density at radius 1 is 1.33 bits per heavy atom. The van der Waals surface area contributed by atoms with Crippen LogP contribution in [-0.2, 0) is 0 Å². The van der Waals surface area contributed by atoms with E-state index in [1.165, 1.54) is 0 Å². The standard InChI is InChI=1S/C9H12N4O2/c14-6-5-10-9-11-7-3-1-2-4-8(7)13(15)12-9/h1-4,14-15H,5-6H2,(H2,10,11,12). The number of nitrogens with zero attached hydrogens (tertiary/aromatic N) is 2. The number of rotatable bonds is 2. The third-order valence-corrected chi connectivity index (χ3v) is 1.97. The van der Waals surface area contributed by atoms with Gasteiger partial charge in [0, 0.05) is 0 Å². The summed E-state index contributed by atoms with van der Waals surface area (Å²) in [5, 5.41) is 22.1. The van der Waals surface area contributed by atoms with E-state index in [1.807, 2.05) is 18.2 Å². The number of hydrogen-bond donors (Lipinski definition) is 4. The fourth-order valence-corrected chi connectivity index (χ4v) is 1.32. The molecule has 1 aromatic carbocycles. The Balaban J connectivity index is 2.22. The summed E-state index contributed by atoms with van der Waals surface area (Å²) < 4.78 is 0. The van der Waals surface area contributed by atoms with Crippen LogP contribution in [0.15, 0.2) is 29.3 Å². The summed E-state index contributed by atoms with van der Waals surface area (Å²) in [6, 6.07) is 7.27. The molecular weight excluding hydrogens is 196 g/mol. The van der Waals surface area contributed by atoms with Gasteiger partial charge in [-0.05, 0) is 12.1 Å². The topological polar surface area (TPSA) is 80.1 Å². The molecule has 0 radical (unpaired) electrons. The number of aliphatic imine (C=N–C) groups is 1. The molecule has 0 saturated carbocycles. The van der Waals surface area contributed by atoms with E-state index >= 15 is 0 Å². The first-order valence-electron chi connectivity index (χ1n) is 4.58. The largest absolute Gasteiger partial charge is 0.394 e. The van der Waals surface area contributed by atoms with Crippen molar-refractivity contribution in [2.75, 3.05) is 23.6 Å². The van der Waals surface area contributed by atoms with Gasteiger partial charge in [0.2, 0.25) is 5.96 Å². The average Bonchev–Trinajstić information content (AvgIpc) is 2.26. The van der Waals surface area contributed by atoms with Gasteiger partial charge in [-0.3, -0.25) is 5.21 Å². The summed E-state index contributed by atoms with van der Waals surface area (Å²) >= 11 is 0. The summed E-state index contributed by atoms with van der Waals surface area (Å²) in [5.41, 5.74) is 4.01. The zero-order valence-electron chi connectivity index (χ0n) is 8.01. The van der Waals surface area contributed by atoms with Crippen molar-refractivity contribution in [2.45, 2.75) is 0 Å². The molecule has 0 bridgehead atoms. The minimum Gasteiger partial charge on any atom is -0.394 e. The number of nitrogens with one attached hydrogen (secondary N) is 2. The molecule has 0 aliphatic carbocycles. The molecule has 6 nitrogen and oxygen atoms in total. The molecule has 1 aliphatic rings. The molecule has 1 aliphatic heterocycles. The smallest absolute Gasteiger partial charge is 0.217 e. The van der Waals surface area contributed by atoms with Gasteiger partial charge < -0.3 is 10.4 Å². The molecule has 4 N–H and O–H groups in total. The van der Waals surface area contributed by atoms with Crippen LogP contribution in [0.25, 0.3) is 0 Å². The Morgan fingerprint density at radius 2 is 2.13 bits per heavy atom. The fraction of sp³-hybridized carbons (Fsp3) is 0.222. The van der Waals surface area contributed by atoms with Gasteiger partial charge in [0.1, 0.15) is 5.69 Å². The van der Waals surface area contributed by atoms with Gasteiger partial charge in [-0.2, -0.15) is 5.17 Å². The summed E-state index contributed by atoms with van der Waals surface area (Å²) in [6.45, 7) is 0.255. The van der Waals surface area contributed by atoms with Crippen LogP contribution in [-0.4, -0.2) is 29.4 Å². The summed E-state index contributed by atoms with van der Waals surface area (Å²) in [6.07, 6.45) is 0. The van der Waals surface area contributed by atoms with Crippen molar-refractivity contribution in [2.24, 2.45) is 4.99 Å². The lowest BCUT2D eigenvalue weighted by molar-refractivity contribution is 0.234. The quantitative estimate of drug-likeness (QED) is 0.556. The summed E-state index contributed by atoms with van der Waals surface area (Å²) in [7, 11) is 0. The van der Waals surface area contributed by atoms with Crippen LogP contribution in [0.2, 0.25) is 0 Å². The molecule has 2 rings (SSSR count). The molecule has 0 atom stereocenters. The van der Waals surface area contributed by atoms with Crippen LogP contribution < -0.4 is 15.9 Å². The van der Waals surface area contributed by atoms with Crippen molar-refractivity contribution in [3.8, 4) is 0 Å². The molecule has 1 aromatic rings. The van der Waals surface area contributed by atoms with Crippen LogP contribution in [0.3, 0.4) is 0 Å². The number of para-hydroxylation sites is 2. The molecule has 1 heterocycles. The molecule has 0 fully saturated rings. The van der Waals surface area contributed by atoms with E-state index in [4.69, 9.17) is 5.11 Å². The number of hydrazine groups is 1. The number of hydrogen-bond acceptors (Lipinski definition) is 4. The minimum absolute atomic E-state index is 0.0278. The van der Waals surface area contributed by atoms with Crippen LogP contribution >= 0.6 is 0 Å². The van der Waals surface area contributed by atoms with Gasteiger partial charge in [0.25, 0.3) is 0 Å². The zero-order valence-corrected chi connectivity index (χ0v) is 8.01. The number of aliphatic hydroxyl groups excluding tert-OH is 1. The maximum atomic E-state index is 9.57. The predicted molar refractivity (Wildman–Crippen MR) is 56.9 cm³/mol. The first-order valence-corrected chi connectivity index (χ1v) is 4.58. The Morgan fingerprint density at radius 3 is 2.93 bits per heavy atom. The number of fused-ring (bicyclic) bond motifs is 1. The van der Waals surface area contributed by atoms with Crippen molar-refractivity contribution in [3.05, 3.63) is 24.3 Å². The van der Waals surface area contributed by atoms with Gasteiger partial charge in [0.05, 0.1) is 18.8 Å². The third kappa shape index (κ3) is 2.00. The third-order valence-electron chi connectivity index (χ3n) is 1.97. The van der Waals surface area contributed by atoms with E-state index < -0.39 is 0 Å². The fourth-order valence-electron chi connectivity index (χ4n) is 1.32. The highest BCUT2D eigenvalue weighted by Crippen LogP contribution is 2.25. The SMILES string of the molecule is OCCN=C1Nc2ccccc2N(O)N1. The van der Waals surface area contributed by atoms with E-state index in [-0.39, 0.29) is 13.2 Å². The van der Waals surface area contributed by atoms with Crippen molar-refractivity contribution in [1.29, 1.82) is 0 Å². The lowest BCUT2D eigenvalue weighted by Gasteiger charge is -2.28. The number of benzene rings is 1. The first-order chi connectivity index (χ1) is 7.31. The monoisotopic (exact) mass is 208 g/mol. The minimum atomic E-state index is -0.0278. The average molecular weight is 208 g/mol. The van der Waals surface area contributed by atoms with E-state index in [9.17, 15) is 5.21 Å². The van der Waals surface area contributed by atoms with Crippen LogP contribution in [0.1, 0.15) is 0 Å². The lowest BCUT2D eigenvalue weighted by atomic mass is 10.2. The molecule has 6 heteroatoms. The second kappa shape index (κ2) is 4.16. The summed E-state index contributed by atoms with van der Waals surface area (Å²) in [5.74, 6) is 0.408. The Kier molecular flexibility index (Phi) is 2.70. The Labute approximate surface area is 86.8 Å². The van der Waals surface area contributed by atoms with Gasteiger partial charge >= 0.3 is 0 Å². The van der Waals surface area contributed by atoms with Gasteiger partial charge in [-0.25, -0.2) is 10.4 Å². The van der Waals surface area contributed by atoms with E-state index in [1.54, 1.807) is 6.07 Å². The highest BCUT2D eigenvalue weighted by atomic mass is 16.5. The molecule has 0 saturated heterocycles. The maximum Gasteiger partial charge on any atom is 0.217 e. The van der Waals surface area contributed by atoms with Gasteiger partial charge in [0.15, 0.2) is 0 Å². The van der Waals surface area contributed by atoms with Crippen LogP contribution in [0, 0.1) is 0 Å². The summed E-state index contributed by atoms with van der Waals surface area (Å²) in [4.78, 5) is 3.99. The highest BCUT2D eigenvalue weighted by Gasteiger charge is 2.17. The highest BCUT2D eigenvalue weighted by molar-refractivity contribution is 6.00. The van der Waals surface area contributed by atoms with Gasteiger partial charge in [-0.15, -0.1) is 0 Å². The van der Waals surface area contributed by atoms with E-state index in [0.717, 1.165) is 10.9 Å². The zero-order chi connectivity index (χ0) is 10.7. The van der Waals surface area contributed by atoms with Crippen molar-refractivity contribution < 1.29 is 10.3 Å². The second-order valence-corrected chi connectivity index (χ2v) is 3.02. The number of anilines is 2. The second-order valence-electron chi connectivity index (χ2n) is 3.02. The molecular formula is C9H12N4O2. The van der Waals surface area contributed by atoms with Crippen molar-refractivity contribution >= 4 is 17.3 Å². The van der Waals surface area contributed by atoms with Crippen LogP contribution in [0.4, 0.5) is 11.4 Å². The van der Waals surface area contributed by atoms with E-state index in [2.05, 4.69) is 15.7 Å². The first kappa shape index (κ1) is 9.75. The van der Waals surface area contributed by atoms with Gasteiger partial charge in [-0.1, -0.05) is 12.1 Å². The molecule has 0 aromatic heterocycles. The Bertz CT molecular complexity index is 380. The van der Waals surface area contributed by atoms with Crippen molar-refractivity contribution in [3.63, 3.8) is 0 Å². The Hall–Kier alpha value is -1.79. The van der Waals surface area contributed by atoms with Crippen molar-refractivity contribution in [1.82, 2.24) is 5.43 Å². The predicted octanol–water partition coefficient (Wildman–Crippen LogP) is 0.161. The molecule has 0 spiro atoms. The molecule has 80 valence electrons. The molecule has 0 amide bonds. The van der Waals surface area contributed by atoms with Crippen LogP contribution in [0.5, 0.6) is 0 Å². The van der Waals surface area contributed by atoms with E-state index in [0.29, 0.717) is 11.6 Å². The molecule has 15 heavy (non-hydrogen) atoms. The lowest BCUT2D eigenvalue weighted by Crippen LogP contribution is -2.47. The number of aliphatic hydroxyl groups is 1. The maximum absolute atomic E-state index is 9.57.